The monoisotopic (exact) mass is 364 g/mol. The Morgan fingerprint density at radius 2 is 2.04 bits per heavy atom. The number of pyridine rings is 1. The first-order chi connectivity index (χ1) is 13.1. The van der Waals surface area contributed by atoms with Gasteiger partial charge in [0.1, 0.15) is 11.3 Å². The van der Waals surface area contributed by atoms with Gasteiger partial charge in [-0.25, -0.2) is 4.98 Å². The number of hydrogen-bond donors (Lipinski definition) is 1. The fourth-order valence-corrected chi connectivity index (χ4v) is 3.07. The van der Waals surface area contributed by atoms with Crippen molar-refractivity contribution < 1.29 is 9.21 Å². The molecule has 1 amide bonds. The number of nitrogens with one attached hydrogen (secondary N) is 1. The predicted molar refractivity (Wildman–Crippen MR) is 102 cm³/mol. The van der Waals surface area contributed by atoms with Crippen molar-refractivity contribution in [3.05, 3.63) is 70.7 Å². The van der Waals surface area contributed by atoms with Crippen LogP contribution in [0.2, 0.25) is 0 Å². The summed E-state index contributed by atoms with van der Waals surface area (Å²) in [5, 5.41) is 2.87. The van der Waals surface area contributed by atoms with E-state index in [2.05, 4.69) is 10.3 Å². The highest BCUT2D eigenvalue weighted by atomic mass is 16.4. The van der Waals surface area contributed by atoms with Gasteiger partial charge in [-0.15, -0.1) is 0 Å². The lowest BCUT2D eigenvalue weighted by Gasteiger charge is -2.11. The average Bonchev–Trinajstić information content (AvgIpc) is 3.35. The Balaban J connectivity index is 1.73. The molecule has 1 atom stereocenters. The van der Waals surface area contributed by atoms with Crippen molar-refractivity contribution >= 4 is 22.6 Å². The zero-order valence-electron chi connectivity index (χ0n) is 15.2. The number of carbonyl (C=O) groups excluding carboxylic acids is 1. The van der Waals surface area contributed by atoms with Crippen molar-refractivity contribution in [2.24, 2.45) is 0 Å². The van der Waals surface area contributed by atoms with Gasteiger partial charge in [0.05, 0.1) is 12.1 Å². The van der Waals surface area contributed by atoms with Crippen LogP contribution in [0.3, 0.4) is 0 Å². The molecule has 27 heavy (non-hydrogen) atoms. The molecule has 4 heterocycles. The first-order valence-electron chi connectivity index (χ1n) is 8.92. The minimum atomic E-state index is -0.257. The van der Waals surface area contributed by atoms with E-state index in [1.807, 2.05) is 42.6 Å². The number of hydrogen-bond acceptors (Lipinski definition) is 4. The fourth-order valence-electron chi connectivity index (χ4n) is 3.07. The lowest BCUT2D eigenvalue weighted by molar-refractivity contribution is 0.0909. The van der Waals surface area contributed by atoms with E-state index < -0.39 is 0 Å². The second-order valence-corrected chi connectivity index (χ2v) is 6.55. The number of furan rings is 1. The normalized spacial score (nSPS) is 12.5. The van der Waals surface area contributed by atoms with Crippen LogP contribution in [0.4, 0.5) is 0 Å². The summed E-state index contributed by atoms with van der Waals surface area (Å²) in [4.78, 5) is 29.5. The van der Waals surface area contributed by atoms with E-state index in [0.717, 1.165) is 11.9 Å². The summed E-state index contributed by atoms with van der Waals surface area (Å²) in [5.41, 5.74) is 1.80. The van der Waals surface area contributed by atoms with E-state index >= 15 is 0 Å². The summed E-state index contributed by atoms with van der Waals surface area (Å²) in [5.74, 6) is 0.501. The molecule has 138 valence electrons. The third kappa shape index (κ3) is 3.01. The zero-order valence-corrected chi connectivity index (χ0v) is 15.2. The Hall–Kier alpha value is -3.35. The lowest BCUT2D eigenvalue weighted by atomic mass is 10.2. The molecule has 1 N–H and O–H groups in total. The zero-order chi connectivity index (χ0) is 19.0. The lowest BCUT2D eigenvalue weighted by Crippen LogP contribution is -2.31. The molecular weight excluding hydrogens is 344 g/mol. The molecule has 0 aliphatic carbocycles. The molecule has 0 unspecified atom stereocenters. The van der Waals surface area contributed by atoms with Crippen LogP contribution in [0.15, 0.2) is 58.0 Å². The summed E-state index contributed by atoms with van der Waals surface area (Å²) in [7, 11) is 0. The minimum Gasteiger partial charge on any atom is -0.454 e. The molecule has 7 nitrogen and oxygen atoms in total. The minimum absolute atomic E-state index is 0.0681. The standard InChI is InChI=1S/C20H20N4O3/c1-3-13(2)22-19(25)17-9-8-14(27-17)12-24-18-15(6-4-10-21-18)23-11-5-7-16(23)20(24)26/h4-11,13H,3,12H2,1-2H3,(H,22,25)/t13-/m1/s1. The second kappa shape index (κ2) is 6.75. The van der Waals surface area contributed by atoms with E-state index in [9.17, 15) is 9.59 Å². The van der Waals surface area contributed by atoms with E-state index in [-0.39, 0.29) is 29.8 Å². The van der Waals surface area contributed by atoms with Gasteiger partial charge in [0.2, 0.25) is 0 Å². The smallest absolute Gasteiger partial charge is 0.287 e. The number of aromatic nitrogens is 3. The fraction of sp³-hybridized carbons (Fsp3) is 0.250. The number of carbonyl (C=O) groups is 1. The molecule has 4 aromatic heterocycles. The molecule has 7 heteroatoms. The Bertz CT molecular complexity index is 1180. The van der Waals surface area contributed by atoms with Gasteiger partial charge >= 0.3 is 0 Å². The summed E-state index contributed by atoms with van der Waals surface area (Å²) >= 11 is 0. The van der Waals surface area contributed by atoms with Crippen LogP contribution in [0.25, 0.3) is 16.7 Å². The molecule has 4 rings (SSSR count). The topological polar surface area (TPSA) is 81.5 Å². The molecule has 0 aromatic carbocycles. The van der Waals surface area contributed by atoms with Crippen molar-refractivity contribution in [1.82, 2.24) is 19.3 Å². The van der Waals surface area contributed by atoms with E-state index in [1.165, 1.54) is 0 Å². The highest BCUT2D eigenvalue weighted by molar-refractivity contribution is 5.91. The van der Waals surface area contributed by atoms with Gasteiger partial charge in [-0.05, 0) is 49.7 Å². The summed E-state index contributed by atoms with van der Waals surface area (Å²) in [6, 6.07) is 10.8. The number of amides is 1. The molecule has 0 bridgehead atoms. The van der Waals surface area contributed by atoms with Gasteiger partial charge < -0.3 is 14.1 Å². The maximum Gasteiger partial charge on any atom is 0.287 e. The van der Waals surface area contributed by atoms with Gasteiger partial charge in [0.15, 0.2) is 11.4 Å². The van der Waals surface area contributed by atoms with Crippen LogP contribution in [0.5, 0.6) is 0 Å². The van der Waals surface area contributed by atoms with Crippen LogP contribution in [0, 0.1) is 0 Å². The molecule has 0 aliphatic rings. The highest BCUT2D eigenvalue weighted by Gasteiger charge is 2.16. The van der Waals surface area contributed by atoms with Crippen LogP contribution in [-0.2, 0) is 6.54 Å². The van der Waals surface area contributed by atoms with E-state index in [0.29, 0.717) is 16.9 Å². The van der Waals surface area contributed by atoms with Crippen molar-refractivity contribution in [3.8, 4) is 0 Å². The first-order valence-corrected chi connectivity index (χ1v) is 8.92. The first kappa shape index (κ1) is 17.1. The average molecular weight is 364 g/mol. The number of nitrogens with zero attached hydrogens (tertiary/aromatic N) is 3. The molecule has 0 saturated carbocycles. The third-order valence-electron chi connectivity index (χ3n) is 4.68. The Kier molecular flexibility index (Phi) is 4.27. The van der Waals surface area contributed by atoms with Gasteiger partial charge in [0, 0.05) is 18.4 Å². The summed E-state index contributed by atoms with van der Waals surface area (Å²) in [6.45, 7) is 4.14. The van der Waals surface area contributed by atoms with Crippen LogP contribution >= 0.6 is 0 Å². The summed E-state index contributed by atoms with van der Waals surface area (Å²) in [6.07, 6.45) is 4.33. The molecule has 0 spiro atoms. The molecule has 4 aromatic rings. The van der Waals surface area contributed by atoms with Crippen molar-refractivity contribution in [2.75, 3.05) is 0 Å². The molecule has 0 radical (unpaired) electrons. The van der Waals surface area contributed by atoms with Crippen molar-refractivity contribution in [1.29, 1.82) is 0 Å². The van der Waals surface area contributed by atoms with E-state index in [4.69, 9.17) is 4.42 Å². The largest absolute Gasteiger partial charge is 0.454 e. The number of rotatable bonds is 5. The SMILES string of the molecule is CC[C@@H](C)NC(=O)c1ccc(Cn2c(=O)c3cccn3c3cccnc32)o1. The van der Waals surface area contributed by atoms with Gasteiger partial charge in [-0.2, -0.15) is 0 Å². The van der Waals surface area contributed by atoms with Crippen molar-refractivity contribution in [2.45, 2.75) is 32.9 Å². The molecular formula is C20H20N4O3. The molecule has 0 aliphatic heterocycles. The molecule has 0 fully saturated rings. The Labute approximate surface area is 155 Å². The van der Waals surface area contributed by atoms with Crippen LogP contribution in [0.1, 0.15) is 36.6 Å². The Morgan fingerprint density at radius 3 is 2.85 bits per heavy atom. The van der Waals surface area contributed by atoms with Crippen LogP contribution < -0.4 is 10.9 Å². The van der Waals surface area contributed by atoms with Crippen LogP contribution in [-0.4, -0.2) is 25.9 Å². The summed E-state index contributed by atoms with van der Waals surface area (Å²) < 4.78 is 9.08. The maximum atomic E-state index is 12.9. The quantitative estimate of drug-likeness (QED) is 0.590. The second-order valence-electron chi connectivity index (χ2n) is 6.55. The maximum absolute atomic E-state index is 12.9. The van der Waals surface area contributed by atoms with Gasteiger partial charge in [-0.3, -0.25) is 14.2 Å². The van der Waals surface area contributed by atoms with E-state index in [1.54, 1.807) is 29.0 Å². The molecule has 0 saturated heterocycles. The highest BCUT2D eigenvalue weighted by Crippen LogP contribution is 2.16. The van der Waals surface area contributed by atoms with Gasteiger partial charge in [-0.1, -0.05) is 6.92 Å². The van der Waals surface area contributed by atoms with Crippen molar-refractivity contribution in [3.63, 3.8) is 0 Å². The number of fused-ring (bicyclic) bond motifs is 3. The third-order valence-corrected chi connectivity index (χ3v) is 4.68. The van der Waals surface area contributed by atoms with Gasteiger partial charge in [0.25, 0.3) is 11.5 Å². The predicted octanol–water partition coefficient (Wildman–Crippen LogP) is 2.82. The Morgan fingerprint density at radius 1 is 1.22 bits per heavy atom.